The molecule has 1 atom stereocenters. The first-order valence-electron chi connectivity index (χ1n) is 7.25. The number of anilines is 1. The van der Waals surface area contributed by atoms with Crippen molar-refractivity contribution in [2.45, 2.75) is 13.0 Å². The minimum atomic E-state index is -1.06. The van der Waals surface area contributed by atoms with Gasteiger partial charge in [0.15, 0.2) is 11.6 Å². The number of amides is 2. The van der Waals surface area contributed by atoms with Crippen molar-refractivity contribution in [1.82, 2.24) is 5.32 Å². The van der Waals surface area contributed by atoms with Gasteiger partial charge < -0.3 is 10.6 Å². The van der Waals surface area contributed by atoms with E-state index < -0.39 is 29.5 Å². The number of carbonyl (C=O) groups excluding carboxylic acids is 2. The minimum absolute atomic E-state index is 0.111. The molecule has 4 nitrogen and oxygen atoms in total. The van der Waals surface area contributed by atoms with Crippen LogP contribution in [0.25, 0.3) is 6.08 Å². The zero-order valence-electron chi connectivity index (χ0n) is 12.9. The predicted octanol–water partition coefficient (Wildman–Crippen LogP) is 3.12. The molecular weight excluding hydrogens is 314 g/mol. The van der Waals surface area contributed by atoms with Crippen LogP contribution in [0, 0.1) is 11.6 Å². The van der Waals surface area contributed by atoms with Crippen LogP contribution in [-0.2, 0) is 9.59 Å². The lowest BCUT2D eigenvalue weighted by Gasteiger charge is -2.13. The maximum Gasteiger partial charge on any atom is 0.246 e. The molecule has 0 fully saturated rings. The van der Waals surface area contributed by atoms with Gasteiger partial charge in [0, 0.05) is 17.8 Å². The number of halogens is 2. The highest BCUT2D eigenvalue weighted by Crippen LogP contribution is 2.13. The zero-order chi connectivity index (χ0) is 17.5. The third-order valence-electron chi connectivity index (χ3n) is 3.17. The highest BCUT2D eigenvalue weighted by molar-refractivity contribution is 5.99. The molecule has 0 heterocycles. The fourth-order valence-electron chi connectivity index (χ4n) is 1.89. The summed E-state index contributed by atoms with van der Waals surface area (Å²) in [4.78, 5) is 23.7. The second kappa shape index (κ2) is 8.01. The molecule has 2 N–H and O–H groups in total. The van der Waals surface area contributed by atoms with E-state index in [1.54, 1.807) is 6.08 Å². The summed E-state index contributed by atoms with van der Waals surface area (Å²) in [6.07, 6.45) is 2.94. The fourth-order valence-corrected chi connectivity index (χ4v) is 1.89. The number of benzene rings is 2. The molecule has 2 amide bonds. The Balaban J connectivity index is 1.89. The van der Waals surface area contributed by atoms with E-state index in [9.17, 15) is 18.4 Å². The van der Waals surface area contributed by atoms with Gasteiger partial charge in [-0.1, -0.05) is 30.3 Å². The van der Waals surface area contributed by atoms with E-state index in [0.29, 0.717) is 0 Å². The highest BCUT2D eigenvalue weighted by atomic mass is 19.2. The number of hydrogen-bond acceptors (Lipinski definition) is 2. The van der Waals surface area contributed by atoms with Gasteiger partial charge in [0.2, 0.25) is 11.8 Å². The summed E-state index contributed by atoms with van der Waals surface area (Å²) in [6.45, 7) is 1.49. The molecule has 0 spiro atoms. The van der Waals surface area contributed by atoms with Crippen LogP contribution in [0.5, 0.6) is 0 Å². The van der Waals surface area contributed by atoms with Crippen molar-refractivity contribution in [3.63, 3.8) is 0 Å². The van der Waals surface area contributed by atoms with Gasteiger partial charge in [0.25, 0.3) is 0 Å². The Bertz CT molecular complexity index is 761. The van der Waals surface area contributed by atoms with E-state index in [1.165, 1.54) is 19.1 Å². The Morgan fingerprint density at radius 3 is 2.42 bits per heavy atom. The summed E-state index contributed by atoms with van der Waals surface area (Å²) in [5.41, 5.74) is 0.964. The van der Waals surface area contributed by atoms with Gasteiger partial charge >= 0.3 is 0 Å². The monoisotopic (exact) mass is 330 g/mol. The first kappa shape index (κ1) is 17.3. The average Bonchev–Trinajstić information content (AvgIpc) is 2.57. The lowest BCUT2D eigenvalue weighted by molar-refractivity contribution is -0.123. The van der Waals surface area contributed by atoms with Crippen LogP contribution >= 0.6 is 0 Å². The Kier molecular flexibility index (Phi) is 5.78. The van der Waals surface area contributed by atoms with E-state index in [2.05, 4.69) is 10.6 Å². The summed E-state index contributed by atoms with van der Waals surface area (Å²) < 4.78 is 25.9. The molecule has 0 saturated carbocycles. The molecule has 0 aliphatic carbocycles. The Labute approximate surface area is 138 Å². The smallest absolute Gasteiger partial charge is 0.246 e. The molecule has 24 heavy (non-hydrogen) atoms. The summed E-state index contributed by atoms with van der Waals surface area (Å²) >= 11 is 0. The molecule has 0 aromatic heterocycles. The molecule has 2 aromatic rings. The van der Waals surface area contributed by atoms with Gasteiger partial charge in [-0.15, -0.1) is 0 Å². The second-order valence-corrected chi connectivity index (χ2v) is 5.09. The van der Waals surface area contributed by atoms with Crippen LogP contribution in [0.4, 0.5) is 14.5 Å². The van der Waals surface area contributed by atoms with Crippen molar-refractivity contribution in [1.29, 1.82) is 0 Å². The standard InChI is InChI=1S/C18H16F2N2O2/c1-12(18(24)22-14-8-9-15(19)16(20)11-14)21-17(23)10-7-13-5-3-2-4-6-13/h2-12H,1H3,(H,21,23)(H,22,24)/b10-7+/t12-/m0/s1. The van der Waals surface area contributed by atoms with E-state index in [-0.39, 0.29) is 5.69 Å². The van der Waals surface area contributed by atoms with Crippen molar-refractivity contribution in [2.24, 2.45) is 0 Å². The number of nitrogens with one attached hydrogen (secondary N) is 2. The van der Waals surface area contributed by atoms with Crippen LogP contribution in [-0.4, -0.2) is 17.9 Å². The molecule has 0 saturated heterocycles. The quantitative estimate of drug-likeness (QED) is 0.828. The molecule has 2 rings (SSSR count). The first-order valence-corrected chi connectivity index (χ1v) is 7.25. The minimum Gasteiger partial charge on any atom is -0.341 e. The molecule has 0 aliphatic rings. The largest absolute Gasteiger partial charge is 0.341 e. The Hall–Kier alpha value is -3.02. The van der Waals surface area contributed by atoms with Crippen molar-refractivity contribution in [3.05, 3.63) is 71.8 Å². The SMILES string of the molecule is C[C@H](NC(=O)/C=C/c1ccccc1)C(=O)Nc1ccc(F)c(F)c1. The molecule has 2 aromatic carbocycles. The Morgan fingerprint density at radius 1 is 1.04 bits per heavy atom. The van der Waals surface area contributed by atoms with Crippen molar-refractivity contribution in [2.75, 3.05) is 5.32 Å². The van der Waals surface area contributed by atoms with Crippen LogP contribution in [0.3, 0.4) is 0 Å². The molecule has 0 unspecified atom stereocenters. The number of rotatable bonds is 5. The van der Waals surface area contributed by atoms with Gasteiger partial charge in [-0.2, -0.15) is 0 Å². The average molecular weight is 330 g/mol. The summed E-state index contributed by atoms with van der Waals surface area (Å²) in [5.74, 6) is -3.04. The third-order valence-corrected chi connectivity index (χ3v) is 3.17. The fraction of sp³-hybridized carbons (Fsp3) is 0.111. The molecule has 0 aliphatic heterocycles. The lowest BCUT2D eigenvalue weighted by Crippen LogP contribution is -2.40. The first-order chi connectivity index (χ1) is 11.5. The van der Waals surface area contributed by atoms with Crippen LogP contribution < -0.4 is 10.6 Å². The summed E-state index contributed by atoms with van der Waals surface area (Å²) in [5, 5.41) is 4.90. The lowest BCUT2D eigenvalue weighted by atomic mass is 10.2. The van der Waals surface area contributed by atoms with Gasteiger partial charge in [0.1, 0.15) is 6.04 Å². The van der Waals surface area contributed by atoms with E-state index in [1.807, 2.05) is 30.3 Å². The zero-order valence-corrected chi connectivity index (χ0v) is 12.9. The summed E-state index contributed by atoms with van der Waals surface area (Å²) in [7, 11) is 0. The van der Waals surface area contributed by atoms with E-state index >= 15 is 0 Å². The van der Waals surface area contributed by atoms with Crippen molar-refractivity contribution < 1.29 is 18.4 Å². The normalized spacial score (nSPS) is 12.0. The molecule has 0 bridgehead atoms. The van der Waals surface area contributed by atoms with Gasteiger partial charge in [0.05, 0.1) is 0 Å². The van der Waals surface area contributed by atoms with E-state index in [0.717, 1.165) is 17.7 Å². The Morgan fingerprint density at radius 2 is 1.75 bits per heavy atom. The predicted molar refractivity (Wildman–Crippen MR) is 88.1 cm³/mol. The van der Waals surface area contributed by atoms with Crippen molar-refractivity contribution >= 4 is 23.6 Å². The molecular formula is C18H16F2N2O2. The highest BCUT2D eigenvalue weighted by Gasteiger charge is 2.15. The van der Waals surface area contributed by atoms with E-state index in [4.69, 9.17) is 0 Å². The third kappa shape index (κ3) is 5.01. The van der Waals surface area contributed by atoms with Crippen LogP contribution in [0.1, 0.15) is 12.5 Å². The maximum atomic E-state index is 13.1. The van der Waals surface area contributed by atoms with Crippen LogP contribution in [0.15, 0.2) is 54.6 Å². The van der Waals surface area contributed by atoms with Gasteiger partial charge in [-0.3, -0.25) is 9.59 Å². The molecule has 124 valence electrons. The summed E-state index contributed by atoms with van der Waals surface area (Å²) in [6, 6.07) is 11.4. The number of carbonyl (C=O) groups is 2. The molecule has 0 radical (unpaired) electrons. The second-order valence-electron chi connectivity index (χ2n) is 5.09. The van der Waals surface area contributed by atoms with Crippen molar-refractivity contribution in [3.8, 4) is 0 Å². The van der Waals surface area contributed by atoms with Gasteiger partial charge in [-0.25, -0.2) is 8.78 Å². The number of hydrogen-bond donors (Lipinski definition) is 2. The molecule has 6 heteroatoms. The topological polar surface area (TPSA) is 58.2 Å². The van der Waals surface area contributed by atoms with Crippen LogP contribution in [0.2, 0.25) is 0 Å². The maximum absolute atomic E-state index is 13.1. The van der Waals surface area contributed by atoms with Gasteiger partial charge in [-0.05, 0) is 30.7 Å².